The van der Waals surface area contributed by atoms with Gasteiger partial charge in [0.25, 0.3) is 0 Å². The molecule has 3 heterocycles. The highest BCUT2D eigenvalue weighted by Crippen LogP contribution is 2.25. The number of rotatable bonds is 6. The minimum atomic E-state index is -3.41. The Morgan fingerprint density at radius 2 is 1.83 bits per heavy atom. The summed E-state index contributed by atoms with van der Waals surface area (Å²) in [4.78, 5) is 11.4. The molecule has 2 aromatic heterocycles. The van der Waals surface area contributed by atoms with Gasteiger partial charge < -0.3 is 10.2 Å². The lowest BCUT2D eigenvalue weighted by Crippen LogP contribution is -2.41. The van der Waals surface area contributed by atoms with Gasteiger partial charge in [-0.25, -0.2) is 17.8 Å². The second-order valence-electron chi connectivity index (χ2n) is 7.63. The first-order valence-corrected chi connectivity index (χ1v) is 11.7. The van der Waals surface area contributed by atoms with Crippen LogP contribution in [0.4, 0.5) is 10.2 Å². The number of piperidine rings is 1. The van der Waals surface area contributed by atoms with Gasteiger partial charge in [-0.2, -0.15) is 0 Å². The maximum atomic E-state index is 13.1. The van der Waals surface area contributed by atoms with Crippen molar-refractivity contribution in [3.05, 3.63) is 60.2 Å². The van der Waals surface area contributed by atoms with Crippen LogP contribution in [0.3, 0.4) is 0 Å². The highest BCUT2D eigenvalue weighted by molar-refractivity contribution is 7.92. The molecule has 30 heavy (non-hydrogen) atoms. The van der Waals surface area contributed by atoms with E-state index in [0.29, 0.717) is 12.8 Å². The molecule has 3 aromatic rings. The zero-order valence-corrected chi connectivity index (χ0v) is 17.7. The predicted octanol–water partition coefficient (Wildman–Crippen LogP) is 3.43. The van der Waals surface area contributed by atoms with Crippen molar-refractivity contribution < 1.29 is 12.8 Å². The quantitative estimate of drug-likeness (QED) is 0.607. The third-order valence-electron chi connectivity index (χ3n) is 5.66. The maximum absolute atomic E-state index is 13.1. The van der Waals surface area contributed by atoms with E-state index < -0.39 is 20.9 Å². The zero-order chi connectivity index (χ0) is 21.1. The molecule has 6 nitrogen and oxygen atoms in total. The van der Waals surface area contributed by atoms with Crippen molar-refractivity contribution in [3.8, 4) is 0 Å². The normalized spacial score (nSPS) is 16.1. The monoisotopic (exact) mass is 428 g/mol. The Balaban J connectivity index is 1.28. The highest BCUT2D eigenvalue weighted by atomic mass is 32.2. The summed E-state index contributed by atoms with van der Waals surface area (Å²) in [7, 11) is -3.41. The molecule has 0 aliphatic carbocycles. The summed E-state index contributed by atoms with van der Waals surface area (Å²) in [5.41, 5.74) is 1.88. The van der Waals surface area contributed by atoms with Crippen LogP contribution in [0.15, 0.2) is 53.6 Å². The summed E-state index contributed by atoms with van der Waals surface area (Å²) in [5.74, 6) is 0.394. The second kappa shape index (κ2) is 8.65. The largest absolute Gasteiger partial charge is 0.369 e. The van der Waals surface area contributed by atoms with E-state index in [1.165, 1.54) is 24.3 Å². The lowest BCUT2D eigenvalue weighted by atomic mass is 10.1. The Morgan fingerprint density at radius 1 is 1.10 bits per heavy atom. The number of halogens is 1. The van der Waals surface area contributed by atoms with Crippen molar-refractivity contribution in [1.82, 2.24) is 14.9 Å². The van der Waals surface area contributed by atoms with E-state index in [9.17, 15) is 12.8 Å². The summed E-state index contributed by atoms with van der Waals surface area (Å²) in [6.45, 7) is 4.97. The van der Waals surface area contributed by atoms with Crippen LogP contribution in [0.2, 0.25) is 0 Å². The molecule has 1 N–H and O–H groups in total. The van der Waals surface area contributed by atoms with E-state index in [4.69, 9.17) is 0 Å². The minimum absolute atomic E-state index is 0.205. The number of sulfone groups is 1. The van der Waals surface area contributed by atoms with Crippen molar-refractivity contribution in [2.75, 3.05) is 31.5 Å². The minimum Gasteiger partial charge on any atom is -0.369 e. The molecule has 0 atom stereocenters. The number of benzene rings is 1. The van der Waals surface area contributed by atoms with Crippen LogP contribution in [0.1, 0.15) is 18.5 Å². The van der Waals surface area contributed by atoms with Gasteiger partial charge in [0.05, 0.1) is 15.7 Å². The number of aryl methyl sites for hydroxylation is 1. The molecular weight excluding hydrogens is 403 g/mol. The van der Waals surface area contributed by atoms with Crippen molar-refractivity contribution in [3.63, 3.8) is 0 Å². The fourth-order valence-corrected chi connectivity index (χ4v) is 5.63. The van der Waals surface area contributed by atoms with Crippen molar-refractivity contribution in [2.45, 2.75) is 29.9 Å². The molecule has 1 saturated heterocycles. The van der Waals surface area contributed by atoms with E-state index in [0.717, 1.165) is 48.6 Å². The Morgan fingerprint density at radius 3 is 2.57 bits per heavy atom. The molecule has 0 amide bonds. The highest BCUT2D eigenvalue weighted by Gasteiger charge is 2.31. The standard InChI is InChI=1S/C22H25FN4O2S/c1-16-20-6-7-22(26-21(20)8-11-24-16)25-12-15-27-13-9-19(10-14-27)30(28,29)18-4-2-17(23)3-5-18/h2-8,11,19H,9-10,12-15H2,1H3,(H,25,26). The Labute approximate surface area is 176 Å². The van der Waals surface area contributed by atoms with E-state index in [1.807, 2.05) is 25.1 Å². The van der Waals surface area contributed by atoms with E-state index in [2.05, 4.69) is 20.2 Å². The number of pyridine rings is 2. The SMILES string of the molecule is Cc1nccc2nc(NCCN3CCC(S(=O)(=O)c4ccc(F)cc4)CC3)ccc12. The first-order chi connectivity index (χ1) is 14.4. The third kappa shape index (κ3) is 4.44. The van der Waals surface area contributed by atoms with Crippen LogP contribution in [0, 0.1) is 12.7 Å². The Kier molecular flexibility index (Phi) is 5.97. The van der Waals surface area contributed by atoms with Gasteiger partial charge in [0.2, 0.25) is 0 Å². The molecule has 158 valence electrons. The molecule has 1 aromatic carbocycles. The second-order valence-corrected chi connectivity index (χ2v) is 9.85. The molecule has 1 aliphatic rings. The summed E-state index contributed by atoms with van der Waals surface area (Å²) in [6, 6.07) is 11.0. The molecule has 1 fully saturated rings. The van der Waals surface area contributed by atoms with Crippen LogP contribution in [0.25, 0.3) is 10.9 Å². The molecule has 0 unspecified atom stereocenters. The molecule has 0 bridgehead atoms. The number of anilines is 1. The first kappa shape index (κ1) is 20.7. The molecule has 0 spiro atoms. The fourth-order valence-electron chi connectivity index (χ4n) is 3.90. The topological polar surface area (TPSA) is 75.2 Å². The number of fused-ring (bicyclic) bond motifs is 1. The van der Waals surface area contributed by atoms with Crippen molar-refractivity contribution >= 4 is 26.6 Å². The van der Waals surface area contributed by atoms with Crippen molar-refractivity contribution in [2.24, 2.45) is 0 Å². The van der Waals surface area contributed by atoms with Gasteiger partial charge in [0, 0.05) is 30.4 Å². The Hall–Kier alpha value is -2.58. The van der Waals surface area contributed by atoms with E-state index in [-0.39, 0.29) is 4.90 Å². The van der Waals surface area contributed by atoms with Crippen LogP contribution in [-0.4, -0.2) is 54.7 Å². The molecule has 0 radical (unpaired) electrons. The predicted molar refractivity (Wildman–Crippen MR) is 116 cm³/mol. The number of likely N-dealkylation sites (tertiary alicyclic amines) is 1. The average Bonchev–Trinajstić information content (AvgIpc) is 2.75. The maximum Gasteiger partial charge on any atom is 0.181 e. The fraction of sp³-hybridized carbons (Fsp3) is 0.364. The number of hydrogen-bond donors (Lipinski definition) is 1. The summed E-state index contributed by atoms with van der Waals surface area (Å²) in [5, 5.41) is 3.99. The van der Waals surface area contributed by atoms with Gasteiger partial charge in [0.15, 0.2) is 9.84 Å². The van der Waals surface area contributed by atoms with Gasteiger partial charge in [-0.1, -0.05) is 0 Å². The van der Waals surface area contributed by atoms with Crippen LogP contribution < -0.4 is 5.32 Å². The molecule has 1 aliphatic heterocycles. The third-order valence-corrected chi connectivity index (χ3v) is 7.94. The molecule has 8 heteroatoms. The van der Waals surface area contributed by atoms with E-state index >= 15 is 0 Å². The lowest BCUT2D eigenvalue weighted by Gasteiger charge is -2.31. The number of hydrogen-bond acceptors (Lipinski definition) is 6. The number of nitrogens with one attached hydrogen (secondary N) is 1. The summed E-state index contributed by atoms with van der Waals surface area (Å²) >= 11 is 0. The van der Waals surface area contributed by atoms with E-state index in [1.54, 1.807) is 6.20 Å². The smallest absolute Gasteiger partial charge is 0.181 e. The van der Waals surface area contributed by atoms with Crippen LogP contribution in [-0.2, 0) is 9.84 Å². The average molecular weight is 429 g/mol. The van der Waals surface area contributed by atoms with Gasteiger partial charge in [-0.3, -0.25) is 4.98 Å². The summed E-state index contributed by atoms with van der Waals surface area (Å²) in [6.07, 6.45) is 2.93. The van der Waals surface area contributed by atoms with Gasteiger partial charge in [-0.05, 0) is 75.3 Å². The first-order valence-electron chi connectivity index (χ1n) is 10.1. The Bertz CT molecular complexity index is 1130. The van der Waals surface area contributed by atoms with Crippen LogP contribution in [0.5, 0.6) is 0 Å². The van der Waals surface area contributed by atoms with Gasteiger partial charge in [-0.15, -0.1) is 0 Å². The molecular formula is C22H25FN4O2S. The zero-order valence-electron chi connectivity index (χ0n) is 16.9. The number of nitrogens with zero attached hydrogens (tertiary/aromatic N) is 3. The summed E-state index contributed by atoms with van der Waals surface area (Å²) < 4.78 is 38.6. The number of aromatic nitrogens is 2. The van der Waals surface area contributed by atoms with Gasteiger partial charge in [0.1, 0.15) is 11.6 Å². The van der Waals surface area contributed by atoms with Crippen molar-refractivity contribution in [1.29, 1.82) is 0 Å². The van der Waals surface area contributed by atoms with Gasteiger partial charge >= 0.3 is 0 Å². The molecule has 0 saturated carbocycles. The molecule has 4 rings (SSSR count). The lowest BCUT2D eigenvalue weighted by molar-refractivity contribution is 0.238. The van der Waals surface area contributed by atoms with Crippen LogP contribution >= 0.6 is 0 Å².